The number of carbonyl (C=O) groups excluding carboxylic acids is 1. The van der Waals surface area contributed by atoms with E-state index in [-0.39, 0.29) is 23.5 Å². The first-order valence-corrected chi connectivity index (χ1v) is 11.5. The number of benzene rings is 1. The maximum atomic E-state index is 12.7. The highest BCUT2D eigenvalue weighted by Crippen LogP contribution is 2.37. The number of pyridine rings is 1. The Bertz CT molecular complexity index is 1100. The topological polar surface area (TPSA) is 117 Å². The van der Waals surface area contributed by atoms with Crippen LogP contribution < -0.4 is 16.0 Å². The molecule has 2 aliphatic rings. The number of amides is 1. The molecular formula is C25H33N5O3. The van der Waals surface area contributed by atoms with Gasteiger partial charge in [0.1, 0.15) is 28.8 Å². The number of hydrogen-bond acceptors (Lipinski definition) is 6. The minimum atomic E-state index is -0.604. The van der Waals surface area contributed by atoms with Crippen LogP contribution in [0.25, 0.3) is 0 Å². The Balaban J connectivity index is 1.55. The fourth-order valence-electron chi connectivity index (χ4n) is 4.57. The van der Waals surface area contributed by atoms with Crippen LogP contribution in [-0.2, 0) is 4.74 Å². The fourth-order valence-corrected chi connectivity index (χ4v) is 4.57. The third-order valence-corrected chi connectivity index (χ3v) is 6.14. The molecule has 0 spiro atoms. The van der Waals surface area contributed by atoms with E-state index in [4.69, 9.17) is 26.0 Å². The monoisotopic (exact) mass is 451 g/mol. The summed E-state index contributed by atoms with van der Waals surface area (Å²) in [4.78, 5) is 14.3. The van der Waals surface area contributed by atoms with Crippen molar-refractivity contribution in [1.82, 2.24) is 9.47 Å². The van der Waals surface area contributed by atoms with E-state index in [1.807, 2.05) is 45.0 Å². The summed E-state index contributed by atoms with van der Waals surface area (Å²) in [6.45, 7) is 6.02. The molecule has 3 unspecified atom stereocenters. The van der Waals surface area contributed by atoms with Crippen molar-refractivity contribution in [1.29, 1.82) is 10.8 Å². The van der Waals surface area contributed by atoms with E-state index < -0.39 is 17.7 Å². The van der Waals surface area contributed by atoms with Crippen molar-refractivity contribution in [3.63, 3.8) is 0 Å². The molecule has 8 nitrogen and oxygen atoms in total. The summed E-state index contributed by atoms with van der Waals surface area (Å²) in [6, 6.07) is 11.0. The Morgan fingerprint density at radius 2 is 1.82 bits per heavy atom. The minimum absolute atomic E-state index is 0.0102. The molecule has 1 aromatic heterocycles. The molecule has 1 aliphatic heterocycles. The molecule has 0 radical (unpaired) electrons. The normalized spacial score (nSPS) is 22.5. The van der Waals surface area contributed by atoms with Crippen LogP contribution in [0.1, 0.15) is 69.7 Å². The molecule has 33 heavy (non-hydrogen) atoms. The molecule has 4 rings (SSSR count). The quantitative estimate of drug-likeness (QED) is 0.481. The Labute approximate surface area is 194 Å². The van der Waals surface area contributed by atoms with Gasteiger partial charge in [-0.25, -0.2) is 4.79 Å². The first-order valence-electron chi connectivity index (χ1n) is 11.5. The van der Waals surface area contributed by atoms with Crippen LogP contribution in [0.5, 0.6) is 5.75 Å². The Morgan fingerprint density at radius 1 is 1.09 bits per heavy atom. The van der Waals surface area contributed by atoms with Crippen molar-refractivity contribution in [3.8, 4) is 5.75 Å². The lowest BCUT2D eigenvalue weighted by molar-refractivity contribution is 0.0263. The van der Waals surface area contributed by atoms with Crippen LogP contribution in [-0.4, -0.2) is 39.6 Å². The molecule has 1 saturated heterocycles. The van der Waals surface area contributed by atoms with Gasteiger partial charge in [-0.1, -0.05) is 24.3 Å². The van der Waals surface area contributed by atoms with Gasteiger partial charge >= 0.3 is 6.09 Å². The zero-order chi connectivity index (χ0) is 23.8. The number of nitrogens with zero attached hydrogens (tertiary/aromatic N) is 2. The van der Waals surface area contributed by atoms with Crippen molar-refractivity contribution >= 4 is 11.9 Å². The van der Waals surface area contributed by atoms with Crippen LogP contribution in [0.15, 0.2) is 42.6 Å². The SMILES string of the molecule is CC(C)(C)OC(=O)N1CCCC1C(=N)n1cc(OC2CCC(N)c3ccccc32)ccc1=N. The number of likely N-dealkylation sites (tertiary alicyclic amines) is 1. The number of carbonyl (C=O) groups is 1. The molecule has 2 aromatic rings. The molecule has 1 fully saturated rings. The first-order chi connectivity index (χ1) is 15.6. The van der Waals surface area contributed by atoms with E-state index in [1.54, 1.807) is 23.2 Å². The molecule has 8 heteroatoms. The predicted octanol–water partition coefficient (Wildman–Crippen LogP) is 4.11. The van der Waals surface area contributed by atoms with Gasteiger partial charge < -0.3 is 15.2 Å². The van der Waals surface area contributed by atoms with Crippen molar-refractivity contribution in [3.05, 3.63) is 59.2 Å². The second-order valence-electron chi connectivity index (χ2n) is 9.76. The van der Waals surface area contributed by atoms with E-state index in [1.165, 1.54) is 4.57 Å². The lowest BCUT2D eigenvalue weighted by Gasteiger charge is -2.31. The molecular weight excluding hydrogens is 418 g/mol. The number of hydrogen-bond donors (Lipinski definition) is 3. The summed E-state index contributed by atoms with van der Waals surface area (Å²) in [5.41, 5.74) is 8.02. The lowest BCUT2D eigenvalue weighted by Crippen LogP contribution is -2.46. The lowest BCUT2D eigenvalue weighted by atomic mass is 9.86. The predicted molar refractivity (Wildman–Crippen MR) is 125 cm³/mol. The molecule has 1 aliphatic carbocycles. The van der Waals surface area contributed by atoms with Crippen LogP contribution in [0, 0.1) is 10.8 Å². The number of nitrogens with two attached hydrogens (primary N) is 1. The van der Waals surface area contributed by atoms with Gasteiger partial charge in [-0.15, -0.1) is 0 Å². The summed E-state index contributed by atoms with van der Waals surface area (Å²) in [5.74, 6) is 0.743. The van der Waals surface area contributed by atoms with E-state index in [2.05, 4.69) is 0 Å². The van der Waals surface area contributed by atoms with E-state index >= 15 is 0 Å². The summed E-state index contributed by atoms with van der Waals surface area (Å²) in [5, 5.41) is 17.2. The van der Waals surface area contributed by atoms with Gasteiger partial charge in [0.2, 0.25) is 0 Å². The molecule has 1 aromatic carbocycles. The van der Waals surface area contributed by atoms with E-state index in [9.17, 15) is 4.79 Å². The van der Waals surface area contributed by atoms with Gasteiger partial charge in [0, 0.05) is 12.6 Å². The molecule has 0 bridgehead atoms. The third kappa shape index (κ3) is 4.95. The van der Waals surface area contributed by atoms with Gasteiger partial charge in [0.05, 0.1) is 12.2 Å². The summed E-state index contributed by atoms with van der Waals surface area (Å²) in [6.07, 6.45) is 4.19. The maximum Gasteiger partial charge on any atom is 0.410 e. The summed E-state index contributed by atoms with van der Waals surface area (Å²) < 4.78 is 13.3. The zero-order valence-electron chi connectivity index (χ0n) is 19.5. The van der Waals surface area contributed by atoms with Gasteiger partial charge in [-0.2, -0.15) is 0 Å². The number of aromatic nitrogens is 1. The van der Waals surface area contributed by atoms with Crippen LogP contribution in [0.2, 0.25) is 0 Å². The molecule has 176 valence electrons. The minimum Gasteiger partial charge on any atom is -0.484 e. The second-order valence-corrected chi connectivity index (χ2v) is 9.76. The number of rotatable bonds is 3. The Kier molecular flexibility index (Phi) is 6.30. The molecule has 2 heterocycles. The third-order valence-electron chi connectivity index (χ3n) is 6.14. The molecule has 1 amide bonds. The van der Waals surface area contributed by atoms with E-state index in [0.717, 1.165) is 30.4 Å². The maximum absolute atomic E-state index is 12.7. The average Bonchev–Trinajstić information content (AvgIpc) is 3.26. The Hall–Kier alpha value is -3.13. The van der Waals surface area contributed by atoms with E-state index in [0.29, 0.717) is 18.7 Å². The van der Waals surface area contributed by atoms with Crippen molar-refractivity contribution < 1.29 is 14.3 Å². The first kappa shape index (κ1) is 23.0. The highest BCUT2D eigenvalue weighted by molar-refractivity contribution is 5.90. The van der Waals surface area contributed by atoms with Crippen LogP contribution >= 0.6 is 0 Å². The molecule has 4 N–H and O–H groups in total. The zero-order valence-corrected chi connectivity index (χ0v) is 19.5. The summed E-state index contributed by atoms with van der Waals surface area (Å²) in [7, 11) is 0. The standard InChI is InChI=1S/C25H33N5O3/c1-25(2,3)33-24(31)29-14-6-9-20(29)23(28)30-15-16(10-13-22(30)27)32-21-12-11-19(26)17-7-4-5-8-18(17)21/h4-5,7-8,10,13,15,19-21,27-28H,6,9,11-12,14,26H2,1-3H3. The smallest absolute Gasteiger partial charge is 0.410 e. The van der Waals surface area contributed by atoms with Gasteiger partial charge in [-0.05, 0) is 69.7 Å². The largest absolute Gasteiger partial charge is 0.484 e. The average molecular weight is 452 g/mol. The fraction of sp³-hybridized carbons (Fsp3) is 0.480. The van der Waals surface area contributed by atoms with Gasteiger partial charge in [0.25, 0.3) is 0 Å². The Morgan fingerprint density at radius 3 is 2.55 bits per heavy atom. The second kappa shape index (κ2) is 9.02. The number of nitrogens with one attached hydrogen (secondary N) is 2. The van der Waals surface area contributed by atoms with Gasteiger partial charge in [0.15, 0.2) is 0 Å². The van der Waals surface area contributed by atoms with Crippen LogP contribution in [0.4, 0.5) is 4.79 Å². The molecule has 0 saturated carbocycles. The molecule has 3 atom stereocenters. The van der Waals surface area contributed by atoms with Gasteiger partial charge in [-0.3, -0.25) is 20.3 Å². The highest BCUT2D eigenvalue weighted by Gasteiger charge is 2.35. The summed E-state index contributed by atoms with van der Waals surface area (Å²) >= 11 is 0. The number of ether oxygens (including phenoxy) is 2. The van der Waals surface area contributed by atoms with Crippen molar-refractivity contribution in [2.24, 2.45) is 5.73 Å². The van der Waals surface area contributed by atoms with Crippen molar-refractivity contribution in [2.75, 3.05) is 6.54 Å². The highest BCUT2D eigenvalue weighted by atomic mass is 16.6. The van der Waals surface area contributed by atoms with Crippen molar-refractivity contribution in [2.45, 2.75) is 70.2 Å². The van der Waals surface area contributed by atoms with Crippen LogP contribution in [0.3, 0.4) is 0 Å². The number of fused-ring (bicyclic) bond motifs is 1.